The lowest BCUT2D eigenvalue weighted by atomic mass is 9.82. The van der Waals surface area contributed by atoms with E-state index in [9.17, 15) is 5.11 Å². The van der Waals surface area contributed by atoms with Crippen LogP contribution in [0.4, 0.5) is 11.8 Å². The lowest BCUT2D eigenvalue weighted by Crippen LogP contribution is -2.35. The molecule has 32 heavy (non-hydrogen) atoms. The van der Waals surface area contributed by atoms with Gasteiger partial charge in [0, 0.05) is 18.7 Å². The molecule has 1 saturated carbocycles. The van der Waals surface area contributed by atoms with Gasteiger partial charge in [-0.2, -0.15) is 10.1 Å². The Morgan fingerprint density at radius 2 is 2.12 bits per heavy atom. The normalized spacial score (nSPS) is 18.0. The van der Waals surface area contributed by atoms with Gasteiger partial charge in [-0.05, 0) is 43.4 Å². The number of nitrogens with two attached hydrogens (primary N) is 1. The molecule has 9 nitrogen and oxygen atoms in total. The fourth-order valence-corrected chi connectivity index (χ4v) is 4.06. The van der Waals surface area contributed by atoms with Crippen molar-refractivity contribution in [2.24, 2.45) is 5.92 Å². The van der Waals surface area contributed by atoms with Crippen molar-refractivity contribution in [1.29, 1.82) is 0 Å². The molecule has 0 amide bonds. The number of aliphatic hydroxyl groups excluding tert-OH is 1. The summed E-state index contributed by atoms with van der Waals surface area (Å²) in [5, 5.41) is 20.9. The molecule has 2 heterocycles. The van der Waals surface area contributed by atoms with E-state index in [1.807, 2.05) is 10.9 Å². The van der Waals surface area contributed by atoms with E-state index >= 15 is 0 Å². The second-order valence-electron chi connectivity index (χ2n) is 8.54. The highest BCUT2D eigenvalue weighted by atomic mass is 16.5. The molecule has 1 aromatic carbocycles. The van der Waals surface area contributed by atoms with Gasteiger partial charge in [-0.3, -0.25) is 4.68 Å². The molecule has 1 fully saturated rings. The summed E-state index contributed by atoms with van der Waals surface area (Å²) in [4.78, 5) is 8.66. The lowest BCUT2D eigenvalue weighted by Gasteiger charge is -2.31. The van der Waals surface area contributed by atoms with Gasteiger partial charge in [0.15, 0.2) is 11.3 Å². The van der Waals surface area contributed by atoms with Crippen molar-refractivity contribution in [3.05, 3.63) is 35.5 Å². The average Bonchev–Trinajstić information content (AvgIpc) is 3.15. The van der Waals surface area contributed by atoms with E-state index < -0.39 is 0 Å². The second kappa shape index (κ2) is 10.1. The molecule has 1 aliphatic rings. The van der Waals surface area contributed by atoms with Gasteiger partial charge >= 0.3 is 0 Å². The highest BCUT2D eigenvalue weighted by Gasteiger charge is 2.26. The molecule has 172 valence electrons. The van der Waals surface area contributed by atoms with Crippen LogP contribution in [0.25, 0.3) is 11.0 Å². The van der Waals surface area contributed by atoms with Crippen molar-refractivity contribution in [3.63, 3.8) is 0 Å². The van der Waals surface area contributed by atoms with E-state index in [-0.39, 0.29) is 12.1 Å². The zero-order valence-corrected chi connectivity index (χ0v) is 18.8. The van der Waals surface area contributed by atoms with Crippen LogP contribution in [0.15, 0.2) is 24.4 Å². The molecule has 0 atom stereocenters. The standard InChI is InChI=1S/C23H33N7O2/c1-3-4-7-26-22-21-19(27-23(24)28-22)14-30(29-21)13-17-6-5-15(10-20(17)32-2)11-25-12-16-8-18(31)9-16/h5-6,10,14,16,18,25,31H,3-4,7-9,11-13H2,1-2H3,(H3,24,26,27,28). The number of methoxy groups -OCH3 is 1. The van der Waals surface area contributed by atoms with Crippen molar-refractivity contribution in [2.75, 3.05) is 31.2 Å². The highest BCUT2D eigenvalue weighted by Crippen LogP contribution is 2.27. The number of aromatic nitrogens is 4. The molecule has 0 saturated heterocycles. The first kappa shape index (κ1) is 22.3. The first-order valence-corrected chi connectivity index (χ1v) is 11.3. The van der Waals surface area contributed by atoms with Crippen LogP contribution in [-0.4, -0.2) is 51.2 Å². The molecule has 0 unspecified atom stereocenters. The number of anilines is 2. The smallest absolute Gasteiger partial charge is 0.222 e. The van der Waals surface area contributed by atoms with Gasteiger partial charge in [-0.1, -0.05) is 25.5 Å². The Bertz CT molecular complexity index is 1050. The summed E-state index contributed by atoms with van der Waals surface area (Å²) < 4.78 is 7.50. The maximum absolute atomic E-state index is 9.41. The number of hydrogen-bond donors (Lipinski definition) is 4. The van der Waals surface area contributed by atoms with E-state index in [2.05, 4.69) is 45.7 Å². The van der Waals surface area contributed by atoms with Crippen LogP contribution in [0.5, 0.6) is 5.75 Å². The summed E-state index contributed by atoms with van der Waals surface area (Å²) in [6, 6.07) is 6.26. The molecule has 9 heteroatoms. The first-order valence-electron chi connectivity index (χ1n) is 11.3. The van der Waals surface area contributed by atoms with Gasteiger partial charge in [0.2, 0.25) is 5.95 Å². The number of ether oxygens (including phenoxy) is 1. The quantitative estimate of drug-likeness (QED) is 0.336. The number of fused-ring (bicyclic) bond motifs is 1. The summed E-state index contributed by atoms with van der Waals surface area (Å²) >= 11 is 0. The van der Waals surface area contributed by atoms with Crippen molar-refractivity contribution in [3.8, 4) is 5.75 Å². The van der Waals surface area contributed by atoms with Gasteiger partial charge in [0.25, 0.3) is 0 Å². The van der Waals surface area contributed by atoms with Crippen LogP contribution in [0.3, 0.4) is 0 Å². The molecule has 0 aliphatic heterocycles. The van der Waals surface area contributed by atoms with Crippen molar-refractivity contribution < 1.29 is 9.84 Å². The summed E-state index contributed by atoms with van der Waals surface area (Å²) in [7, 11) is 1.69. The minimum Gasteiger partial charge on any atom is -0.496 e. The Kier molecular flexibility index (Phi) is 7.06. The highest BCUT2D eigenvalue weighted by molar-refractivity contribution is 5.85. The number of nitrogen functional groups attached to an aromatic ring is 1. The number of aliphatic hydroxyl groups is 1. The van der Waals surface area contributed by atoms with Crippen LogP contribution in [0, 0.1) is 5.92 Å². The van der Waals surface area contributed by atoms with Crippen LogP contribution >= 0.6 is 0 Å². The Morgan fingerprint density at radius 1 is 1.28 bits per heavy atom. The minimum atomic E-state index is -0.106. The molecule has 4 rings (SSSR count). The van der Waals surface area contributed by atoms with Crippen LogP contribution in [0.2, 0.25) is 0 Å². The van der Waals surface area contributed by atoms with E-state index in [1.54, 1.807) is 7.11 Å². The summed E-state index contributed by atoms with van der Waals surface area (Å²) in [5.74, 6) is 2.32. The first-order chi connectivity index (χ1) is 15.6. The second-order valence-corrected chi connectivity index (χ2v) is 8.54. The maximum atomic E-state index is 9.41. The van der Waals surface area contributed by atoms with Crippen LogP contribution in [-0.2, 0) is 13.1 Å². The number of hydrogen-bond acceptors (Lipinski definition) is 8. The molecule has 0 radical (unpaired) electrons. The zero-order valence-electron chi connectivity index (χ0n) is 18.8. The summed E-state index contributed by atoms with van der Waals surface area (Å²) in [6.07, 6.45) is 5.73. The van der Waals surface area contributed by atoms with E-state index in [4.69, 9.17) is 15.6 Å². The predicted molar refractivity (Wildman–Crippen MR) is 126 cm³/mol. The number of unbranched alkanes of at least 4 members (excludes halogenated alkanes) is 1. The van der Waals surface area contributed by atoms with Crippen molar-refractivity contribution in [1.82, 2.24) is 25.1 Å². The minimum absolute atomic E-state index is 0.106. The van der Waals surface area contributed by atoms with E-state index in [1.165, 1.54) is 0 Å². The van der Waals surface area contributed by atoms with Gasteiger partial charge < -0.3 is 26.2 Å². The monoisotopic (exact) mass is 439 g/mol. The predicted octanol–water partition coefficient (Wildman–Crippen LogP) is 2.54. The largest absolute Gasteiger partial charge is 0.496 e. The van der Waals surface area contributed by atoms with E-state index in [0.717, 1.165) is 73.2 Å². The number of rotatable bonds is 11. The van der Waals surface area contributed by atoms with E-state index in [0.29, 0.717) is 18.3 Å². The molecule has 3 aromatic rings. The Morgan fingerprint density at radius 3 is 2.88 bits per heavy atom. The number of nitrogens with one attached hydrogen (secondary N) is 2. The third kappa shape index (κ3) is 5.28. The van der Waals surface area contributed by atoms with Gasteiger partial charge in [-0.15, -0.1) is 0 Å². The molecule has 0 bridgehead atoms. The van der Waals surface area contributed by atoms with Crippen LogP contribution < -0.4 is 21.1 Å². The lowest BCUT2D eigenvalue weighted by molar-refractivity contribution is 0.0430. The molecule has 2 aromatic heterocycles. The third-order valence-corrected chi connectivity index (χ3v) is 5.91. The number of nitrogens with zero attached hydrogens (tertiary/aromatic N) is 4. The van der Waals surface area contributed by atoms with Crippen molar-refractivity contribution in [2.45, 2.75) is 51.8 Å². The Labute approximate surface area is 188 Å². The van der Waals surface area contributed by atoms with Gasteiger partial charge in [-0.25, -0.2) is 4.98 Å². The topological polar surface area (TPSA) is 123 Å². The zero-order chi connectivity index (χ0) is 22.5. The Balaban J connectivity index is 1.45. The van der Waals surface area contributed by atoms with Gasteiger partial charge in [0.05, 0.1) is 26.0 Å². The van der Waals surface area contributed by atoms with Gasteiger partial charge in [0.1, 0.15) is 11.3 Å². The molecular formula is C23H33N7O2. The van der Waals surface area contributed by atoms with Crippen molar-refractivity contribution >= 4 is 22.8 Å². The maximum Gasteiger partial charge on any atom is 0.222 e. The molecule has 0 spiro atoms. The molecular weight excluding hydrogens is 406 g/mol. The third-order valence-electron chi connectivity index (χ3n) is 5.91. The fraction of sp³-hybridized carbons (Fsp3) is 0.522. The fourth-order valence-electron chi connectivity index (χ4n) is 4.06. The number of benzene rings is 1. The summed E-state index contributed by atoms with van der Waals surface area (Å²) in [6.45, 7) is 5.23. The molecule has 1 aliphatic carbocycles. The average molecular weight is 440 g/mol. The Hall–Kier alpha value is -2.91. The summed E-state index contributed by atoms with van der Waals surface area (Å²) in [5.41, 5.74) is 9.53. The molecule has 5 N–H and O–H groups in total. The van der Waals surface area contributed by atoms with Crippen LogP contribution in [0.1, 0.15) is 43.7 Å². The SMILES string of the molecule is CCCCNc1nc(N)nc2cn(Cc3ccc(CNCC4CC(O)C4)cc3OC)nc12.